The van der Waals surface area contributed by atoms with Crippen molar-refractivity contribution < 1.29 is 28.6 Å². The first-order valence-electron chi connectivity index (χ1n) is 10.1. The maximum absolute atomic E-state index is 12.3. The highest BCUT2D eigenvalue weighted by Gasteiger charge is 2.26. The molecule has 0 saturated heterocycles. The molecule has 1 aliphatic heterocycles. The van der Waals surface area contributed by atoms with Crippen LogP contribution in [-0.4, -0.2) is 50.9 Å². The molecule has 1 N–H and O–H groups in total. The zero-order valence-electron chi connectivity index (χ0n) is 18.0. The second kappa shape index (κ2) is 10.9. The van der Waals surface area contributed by atoms with E-state index in [4.69, 9.17) is 14.2 Å². The SMILES string of the molecule is COc1ccc(CCNC(=O)COC(=O)C2=NN(c3ccccc3)C(=O)CC2)cc1OC. The van der Waals surface area contributed by atoms with Crippen LogP contribution in [0.1, 0.15) is 18.4 Å². The van der Waals surface area contributed by atoms with Crippen LogP contribution in [-0.2, 0) is 25.5 Å². The highest BCUT2D eigenvalue weighted by atomic mass is 16.5. The lowest BCUT2D eigenvalue weighted by Gasteiger charge is -2.22. The van der Waals surface area contributed by atoms with Crippen LogP contribution < -0.4 is 19.8 Å². The fourth-order valence-corrected chi connectivity index (χ4v) is 3.12. The molecule has 32 heavy (non-hydrogen) atoms. The summed E-state index contributed by atoms with van der Waals surface area (Å²) in [5.74, 6) is -0.104. The molecule has 9 heteroatoms. The van der Waals surface area contributed by atoms with Gasteiger partial charge in [-0.05, 0) is 36.2 Å². The van der Waals surface area contributed by atoms with Crippen molar-refractivity contribution in [1.29, 1.82) is 0 Å². The van der Waals surface area contributed by atoms with Gasteiger partial charge in [0, 0.05) is 19.4 Å². The van der Waals surface area contributed by atoms with Crippen LogP contribution >= 0.6 is 0 Å². The summed E-state index contributed by atoms with van der Waals surface area (Å²) in [6.07, 6.45) is 0.878. The number of para-hydroxylation sites is 1. The molecule has 1 heterocycles. The lowest BCUT2D eigenvalue weighted by atomic mass is 10.1. The molecule has 0 fully saturated rings. The number of carbonyl (C=O) groups is 3. The van der Waals surface area contributed by atoms with Crippen LogP contribution in [0.2, 0.25) is 0 Å². The second-order valence-electron chi connectivity index (χ2n) is 6.95. The molecule has 168 valence electrons. The van der Waals surface area contributed by atoms with E-state index in [1.165, 1.54) is 5.01 Å². The summed E-state index contributed by atoms with van der Waals surface area (Å²) in [4.78, 5) is 36.5. The number of rotatable bonds is 9. The van der Waals surface area contributed by atoms with Crippen LogP contribution in [0.15, 0.2) is 53.6 Å². The van der Waals surface area contributed by atoms with Crippen molar-refractivity contribution >= 4 is 29.2 Å². The van der Waals surface area contributed by atoms with Crippen molar-refractivity contribution in [1.82, 2.24) is 5.32 Å². The first-order valence-corrected chi connectivity index (χ1v) is 10.1. The van der Waals surface area contributed by atoms with Crippen molar-refractivity contribution in [3.63, 3.8) is 0 Å². The Morgan fingerprint density at radius 2 is 1.78 bits per heavy atom. The quantitative estimate of drug-likeness (QED) is 0.600. The van der Waals surface area contributed by atoms with E-state index >= 15 is 0 Å². The topological polar surface area (TPSA) is 107 Å². The smallest absolute Gasteiger partial charge is 0.355 e. The van der Waals surface area contributed by atoms with Crippen LogP contribution in [0, 0.1) is 0 Å². The van der Waals surface area contributed by atoms with Gasteiger partial charge < -0.3 is 19.5 Å². The van der Waals surface area contributed by atoms with Gasteiger partial charge >= 0.3 is 5.97 Å². The highest BCUT2D eigenvalue weighted by molar-refractivity contribution is 6.38. The zero-order chi connectivity index (χ0) is 22.9. The van der Waals surface area contributed by atoms with Gasteiger partial charge in [0.05, 0.1) is 19.9 Å². The van der Waals surface area contributed by atoms with Crippen molar-refractivity contribution in [2.45, 2.75) is 19.3 Å². The van der Waals surface area contributed by atoms with Crippen LogP contribution in [0.5, 0.6) is 11.5 Å². The molecule has 0 bridgehead atoms. The average Bonchev–Trinajstić information content (AvgIpc) is 2.83. The molecular formula is C23H25N3O6. The lowest BCUT2D eigenvalue weighted by Crippen LogP contribution is -2.36. The maximum Gasteiger partial charge on any atom is 0.355 e. The lowest BCUT2D eigenvalue weighted by molar-refractivity contribution is -0.142. The molecule has 0 radical (unpaired) electrons. The largest absolute Gasteiger partial charge is 0.493 e. The number of nitrogens with one attached hydrogen (secondary N) is 1. The zero-order valence-corrected chi connectivity index (χ0v) is 18.0. The molecule has 0 spiro atoms. The predicted molar refractivity (Wildman–Crippen MR) is 118 cm³/mol. The van der Waals surface area contributed by atoms with Gasteiger partial charge in [-0.25, -0.2) is 9.80 Å². The Balaban J connectivity index is 1.47. The Bertz CT molecular complexity index is 1010. The average molecular weight is 439 g/mol. The summed E-state index contributed by atoms with van der Waals surface area (Å²) >= 11 is 0. The summed E-state index contributed by atoms with van der Waals surface area (Å²) in [7, 11) is 3.12. The summed E-state index contributed by atoms with van der Waals surface area (Å²) < 4.78 is 15.5. The number of nitrogens with zero attached hydrogens (tertiary/aromatic N) is 2. The van der Waals surface area contributed by atoms with Crippen molar-refractivity contribution in [3.8, 4) is 11.5 Å². The van der Waals surface area contributed by atoms with Gasteiger partial charge in [-0.3, -0.25) is 9.59 Å². The number of hydrazone groups is 1. The van der Waals surface area contributed by atoms with Crippen LogP contribution in [0.4, 0.5) is 5.69 Å². The van der Waals surface area contributed by atoms with E-state index in [1.54, 1.807) is 44.6 Å². The third kappa shape index (κ3) is 5.84. The van der Waals surface area contributed by atoms with Gasteiger partial charge in [-0.2, -0.15) is 5.10 Å². The van der Waals surface area contributed by atoms with E-state index in [9.17, 15) is 14.4 Å². The van der Waals surface area contributed by atoms with Crippen molar-refractivity contribution in [2.24, 2.45) is 5.10 Å². The summed E-state index contributed by atoms with van der Waals surface area (Å²) in [6, 6.07) is 14.3. The van der Waals surface area contributed by atoms with Gasteiger partial charge in [0.25, 0.3) is 5.91 Å². The number of hydrogen-bond acceptors (Lipinski definition) is 7. The number of benzene rings is 2. The number of amides is 2. The molecule has 1 aliphatic rings. The van der Waals surface area contributed by atoms with E-state index in [-0.39, 0.29) is 24.5 Å². The second-order valence-corrected chi connectivity index (χ2v) is 6.95. The Hall–Kier alpha value is -3.88. The Kier molecular flexibility index (Phi) is 7.80. The van der Waals surface area contributed by atoms with Gasteiger partial charge in [0.1, 0.15) is 5.71 Å². The first-order chi connectivity index (χ1) is 15.5. The Labute approximate surface area is 185 Å². The molecule has 0 unspecified atom stereocenters. The molecule has 2 aromatic carbocycles. The predicted octanol–water partition coefficient (Wildman–Crippen LogP) is 2.09. The van der Waals surface area contributed by atoms with Gasteiger partial charge in [0.15, 0.2) is 18.1 Å². The van der Waals surface area contributed by atoms with E-state index < -0.39 is 18.5 Å². The maximum atomic E-state index is 12.3. The minimum Gasteiger partial charge on any atom is -0.493 e. The molecule has 0 aliphatic carbocycles. The molecule has 9 nitrogen and oxygen atoms in total. The van der Waals surface area contributed by atoms with E-state index in [0.717, 1.165) is 5.56 Å². The third-order valence-electron chi connectivity index (χ3n) is 4.79. The Morgan fingerprint density at radius 3 is 2.50 bits per heavy atom. The number of hydrogen-bond donors (Lipinski definition) is 1. The van der Waals surface area contributed by atoms with Crippen molar-refractivity contribution in [3.05, 3.63) is 54.1 Å². The number of methoxy groups -OCH3 is 2. The molecule has 2 amide bonds. The van der Waals surface area contributed by atoms with Crippen molar-refractivity contribution in [2.75, 3.05) is 32.4 Å². The fourth-order valence-electron chi connectivity index (χ4n) is 3.12. The molecular weight excluding hydrogens is 414 g/mol. The first kappa shape index (κ1) is 22.8. The van der Waals surface area contributed by atoms with Gasteiger partial charge in [-0.1, -0.05) is 24.3 Å². The molecule has 2 aromatic rings. The van der Waals surface area contributed by atoms with Crippen LogP contribution in [0.3, 0.4) is 0 Å². The summed E-state index contributed by atoms with van der Waals surface area (Å²) in [5.41, 5.74) is 1.63. The number of esters is 1. The van der Waals surface area contributed by atoms with E-state index in [0.29, 0.717) is 30.2 Å². The Morgan fingerprint density at radius 1 is 1.03 bits per heavy atom. The van der Waals surface area contributed by atoms with Gasteiger partial charge in [0.2, 0.25) is 5.91 Å². The summed E-state index contributed by atoms with van der Waals surface area (Å²) in [6.45, 7) is -0.0633. The van der Waals surface area contributed by atoms with Crippen LogP contribution in [0.25, 0.3) is 0 Å². The third-order valence-corrected chi connectivity index (χ3v) is 4.79. The standard InChI is InChI=1S/C23H25N3O6/c1-30-19-10-8-16(14-20(19)31-2)12-13-24-21(27)15-32-23(29)18-9-11-22(28)26(25-18)17-6-4-3-5-7-17/h3-8,10,14H,9,11-13,15H2,1-2H3,(H,24,27). The molecule has 0 aromatic heterocycles. The normalized spacial score (nSPS) is 13.2. The fraction of sp³-hybridized carbons (Fsp3) is 0.304. The van der Waals surface area contributed by atoms with E-state index in [1.807, 2.05) is 18.2 Å². The monoisotopic (exact) mass is 439 g/mol. The number of ether oxygens (including phenoxy) is 3. The number of anilines is 1. The molecule has 0 atom stereocenters. The minimum absolute atomic E-state index is 0.103. The highest BCUT2D eigenvalue weighted by Crippen LogP contribution is 2.27. The summed E-state index contributed by atoms with van der Waals surface area (Å²) in [5, 5.41) is 8.00. The molecule has 0 saturated carbocycles. The number of carbonyl (C=O) groups excluding carboxylic acids is 3. The molecule has 3 rings (SSSR count). The minimum atomic E-state index is -0.714. The van der Waals surface area contributed by atoms with Gasteiger partial charge in [-0.15, -0.1) is 0 Å². The van der Waals surface area contributed by atoms with E-state index in [2.05, 4.69) is 10.4 Å².